The Morgan fingerprint density at radius 2 is 1.84 bits per heavy atom. The van der Waals surface area contributed by atoms with Crippen LogP contribution in [0, 0.1) is 5.82 Å². The van der Waals surface area contributed by atoms with E-state index in [-0.39, 0.29) is 29.0 Å². The molecule has 7 heteroatoms. The van der Waals surface area contributed by atoms with Gasteiger partial charge in [-0.15, -0.1) is 24.2 Å². The Bertz CT molecular complexity index is 808. The molecule has 0 aliphatic carbocycles. The Labute approximate surface area is 155 Å². The highest BCUT2D eigenvalue weighted by Gasteiger charge is 2.15. The fraction of sp³-hybridized carbons (Fsp3) is 0.111. The van der Waals surface area contributed by atoms with Gasteiger partial charge in [-0.3, -0.25) is 0 Å². The predicted molar refractivity (Wildman–Crippen MR) is 97.9 cm³/mol. The number of aromatic carboxylic acids is 1. The van der Waals surface area contributed by atoms with Crippen molar-refractivity contribution in [3.63, 3.8) is 0 Å². The van der Waals surface area contributed by atoms with Gasteiger partial charge in [0.2, 0.25) is 0 Å². The molecule has 0 aliphatic rings. The lowest BCUT2D eigenvalue weighted by Gasteiger charge is -2.18. The normalized spacial score (nSPS) is 11.6. The smallest absolute Gasteiger partial charge is 0.335 e. The van der Waals surface area contributed by atoms with E-state index in [0.29, 0.717) is 6.54 Å². The summed E-state index contributed by atoms with van der Waals surface area (Å²) in [6.45, 7) is 0.678. The van der Waals surface area contributed by atoms with Crippen molar-refractivity contribution >= 4 is 30.1 Å². The second-order valence-corrected chi connectivity index (χ2v) is 6.52. The van der Waals surface area contributed by atoms with Crippen LogP contribution < -0.4 is 0 Å². The van der Waals surface area contributed by atoms with Gasteiger partial charge < -0.3 is 9.67 Å². The van der Waals surface area contributed by atoms with E-state index >= 15 is 0 Å². The quantitative estimate of drug-likeness (QED) is 0.633. The molecule has 0 saturated carbocycles. The number of thioether (sulfide) groups is 1. The monoisotopic (exact) mass is 378 g/mol. The summed E-state index contributed by atoms with van der Waals surface area (Å²) < 4.78 is 15.2. The van der Waals surface area contributed by atoms with Crippen LogP contribution in [0.25, 0.3) is 0 Å². The highest BCUT2D eigenvalue weighted by Crippen LogP contribution is 2.36. The molecule has 0 radical (unpaired) electrons. The van der Waals surface area contributed by atoms with Crippen molar-refractivity contribution in [3.8, 4) is 0 Å². The highest BCUT2D eigenvalue weighted by molar-refractivity contribution is 7.99. The van der Waals surface area contributed by atoms with Gasteiger partial charge in [0.15, 0.2) is 0 Å². The maximum absolute atomic E-state index is 13.2. The molecule has 0 spiro atoms. The van der Waals surface area contributed by atoms with Gasteiger partial charge in [0.25, 0.3) is 0 Å². The predicted octanol–water partition coefficient (Wildman–Crippen LogP) is 4.68. The third-order valence-electron chi connectivity index (χ3n) is 3.56. The van der Waals surface area contributed by atoms with E-state index in [1.807, 2.05) is 10.8 Å². The average molecular weight is 379 g/mol. The lowest BCUT2D eigenvalue weighted by molar-refractivity contribution is 0.0697. The number of aromatic nitrogens is 2. The van der Waals surface area contributed by atoms with Crippen LogP contribution in [0.1, 0.15) is 21.2 Å². The minimum absolute atomic E-state index is 0. The third-order valence-corrected chi connectivity index (χ3v) is 4.81. The van der Waals surface area contributed by atoms with Crippen LogP contribution in [0.2, 0.25) is 0 Å². The Kier molecular flexibility index (Phi) is 6.61. The number of carbonyl (C=O) groups is 1. The molecule has 0 aliphatic heterocycles. The summed E-state index contributed by atoms with van der Waals surface area (Å²) in [4.78, 5) is 15.9. The van der Waals surface area contributed by atoms with Crippen molar-refractivity contribution in [3.05, 3.63) is 84.2 Å². The van der Waals surface area contributed by atoms with Gasteiger partial charge in [-0.25, -0.2) is 14.2 Å². The van der Waals surface area contributed by atoms with E-state index in [2.05, 4.69) is 4.98 Å². The molecule has 1 aromatic heterocycles. The van der Waals surface area contributed by atoms with Crippen molar-refractivity contribution in [1.29, 1.82) is 0 Å². The molecule has 25 heavy (non-hydrogen) atoms. The fourth-order valence-electron chi connectivity index (χ4n) is 2.31. The second-order valence-electron chi connectivity index (χ2n) is 5.25. The topological polar surface area (TPSA) is 55.1 Å². The Morgan fingerprint density at radius 1 is 1.16 bits per heavy atom. The molecule has 0 amide bonds. The number of rotatable bonds is 6. The molecule has 1 N–H and O–H groups in total. The minimum atomic E-state index is -0.944. The molecule has 1 unspecified atom stereocenters. The maximum Gasteiger partial charge on any atom is 0.335 e. The molecule has 1 atom stereocenters. The van der Waals surface area contributed by atoms with Gasteiger partial charge in [-0.2, -0.15) is 0 Å². The molecule has 3 rings (SSSR count). The first-order chi connectivity index (χ1) is 11.6. The average Bonchev–Trinajstić information content (AvgIpc) is 3.08. The van der Waals surface area contributed by atoms with Crippen LogP contribution in [-0.4, -0.2) is 20.6 Å². The number of hydrogen-bond donors (Lipinski definition) is 1. The van der Waals surface area contributed by atoms with Crippen molar-refractivity contribution in [2.24, 2.45) is 0 Å². The molecule has 1 heterocycles. The van der Waals surface area contributed by atoms with Crippen molar-refractivity contribution in [2.75, 3.05) is 0 Å². The molecule has 0 bridgehead atoms. The van der Waals surface area contributed by atoms with E-state index < -0.39 is 5.97 Å². The van der Waals surface area contributed by atoms with Crippen molar-refractivity contribution < 1.29 is 14.3 Å². The number of carboxylic acid groups (broad SMARTS) is 1. The van der Waals surface area contributed by atoms with Gasteiger partial charge in [0.1, 0.15) is 5.82 Å². The zero-order valence-electron chi connectivity index (χ0n) is 13.1. The summed E-state index contributed by atoms with van der Waals surface area (Å²) in [5.41, 5.74) is 1.25. The van der Waals surface area contributed by atoms with Gasteiger partial charge in [-0.05, 0) is 42.0 Å². The zero-order valence-corrected chi connectivity index (χ0v) is 14.7. The molecular formula is C18H16ClFN2O2S. The summed E-state index contributed by atoms with van der Waals surface area (Å²) >= 11 is 1.60. The zero-order chi connectivity index (χ0) is 16.9. The first kappa shape index (κ1) is 19.0. The Hall–Kier alpha value is -2.31. The van der Waals surface area contributed by atoms with Crippen LogP contribution in [0.3, 0.4) is 0 Å². The molecule has 2 aromatic carbocycles. The van der Waals surface area contributed by atoms with Crippen LogP contribution >= 0.6 is 24.2 Å². The SMILES string of the molecule is Cl.O=C(O)c1ccc(SC(Cn2ccnc2)c2ccc(F)cc2)cc1. The van der Waals surface area contributed by atoms with Gasteiger partial charge in [-0.1, -0.05) is 12.1 Å². The van der Waals surface area contributed by atoms with Crippen LogP contribution in [0.5, 0.6) is 0 Å². The lowest BCUT2D eigenvalue weighted by atomic mass is 10.1. The fourth-order valence-corrected chi connectivity index (χ4v) is 3.48. The van der Waals surface area contributed by atoms with E-state index in [1.54, 1.807) is 60.7 Å². The van der Waals surface area contributed by atoms with E-state index in [1.165, 1.54) is 12.1 Å². The van der Waals surface area contributed by atoms with Crippen LogP contribution in [0.4, 0.5) is 4.39 Å². The van der Waals surface area contributed by atoms with Crippen LogP contribution in [0.15, 0.2) is 72.1 Å². The second kappa shape index (κ2) is 8.69. The van der Waals surface area contributed by atoms with E-state index in [4.69, 9.17) is 5.11 Å². The van der Waals surface area contributed by atoms with E-state index in [9.17, 15) is 9.18 Å². The number of benzene rings is 2. The van der Waals surface area contributed by atoms with E-state index in [0.717, 1.165) is 10.5 Å². The Balaban J connectivity index is 0.00000225. The first-order valence-corrected chi connectivity index (χ1v) is 8.21. The maximum atomic E-state index is 13.2. The van der Waals surface area contributed by atoms with Gasteiger partial charge >= 0.3 is 5.97 Å². The van der Waals surface area contributed by atoms with Crippen molar-refractivity contribution in [1.82, 2.24) is 9.55 Å². The standard InChI is InChI=1S/C18H15FN2O2S.ClH/c19-15-5-1-13(2-6-15)17(11-21-10-9-20-12-21)24-16-7-3-14(4-8-16)18(22)23;/h1-10,12,17H,11H2,(H,22,23);1H. The summed E-state index contributed by atoms with van der Waals surface area (Å²) in [5.74, 6) is -1.21. The molecule has 0 fully saturated rings. The minimum Gasteiger partial charge on any atom is -0.478 e. The molecule has 0 saturated heterocycles. The number of halogens is 2. The molecule has 4 nitrogen and oxygen atoms in total. The van der Waals surface area contributed by atoms with Crippen molar-refractivity contribution in [2.45, 2.75) is 16.7 Å². The first-order valence-electron chi connectivity index (χ1n) is 7.33. The highest BCUT2D eigenvalue weighted by atomic mass is 35.5. The lowest BCUT2D eigenvalue weighted by Crippen LogP contribution is -2.05. The molecular weight excluding hydrogens is 363 g/mol. The third kappa shape index (κ3) is 5.08. The number of imidazole rings is 1. The summed E-state index contributed by atoms with van der Waals surface area (Å²) in [7, 11) is 0. The van der Waals surface area contributed by atoms with Gasteiger partial charge in [0, 0.05) is 23.8 Å². The Morgan fingerprint density at radius 3 is 2.40 bits per heavy atom. The number of nitrogens with zero attached hydrogens (tertiary/aromatic N) is 2. The summed E-state index contributed by atoms with van der Waals surface area (Å²) in [6.07, 6.45) is 5.34. The summed E-state index contributed by atoms with van der Waals surface area (Å²) in [6, 6.07) is 13.2. The molecule has 130 valence electrons. The molecule has 3 aromatic rings. The van der Waals surface area contributed by atoms with Crippen LogP contribution in [-0.2, 0) is 6.54 Å². The number of carboxylic acids is 1. The summed E-state index contributed by atoms with van der Waals surface area (Å²) in [5, 5.41) is 9.03. The number of hydrogen-bond acceptors (Lipinski definition) is 3. The van der Waals surface area contributed by atoms with Gasteiger partial charge in [0.05, 0.1) is 17.1 Å². The largest absolute Gasteiger partial charge is 0.478 e.